The number of aromatic nitrogens is 1. The van der Waals surface area contributed by atoms with Gasteiger partial charge in [0.05, 0.1) is 12.8 Å². The van der Waals surface area contributed by atoms with Crippen LogP contribution in [0.1, 0.15) is 35.8 Å². The number of ether oxygens (including phenoxy) is 1. The van der Waals surface area contributed by atoms with Crippen molar-refractivity contribution in [1.29, 1.82) is 0 Å². The van der Waals surface area contributed by atoms with E-state index in [-0.39, 0.29) is 5.69 Å². The number of anilines is 3. The van der Waals surface area contributed by atoms with Crippen LogP contribution in [-0.4, -0.2) is 18.1 Å². The van der Waals surface area contributed by atoms with E-state index in [9.17, 15) is 4.79 Å². The lowest BCUT2D eigenvalue weighted by molar-refractivity contribution is 0.0594. The van der Waals surface area contributed by atoms with Crippen molar-refractivity contribution in [2.75, 3.05) is 18.2 Å². The molecule has 0 unspecified atom stereocenters. The van der Waals surface area contributed by atoms with Gasteiger partial charge in [0.2, 0.25) is 0 Å². The van der Waals surface area contributed by atoms with Crippen LogP contribution in [-0.2, 0) is 4.74 Å². The Kier molecular flexibility index (Phi) is 4.42. The van der Waals surface area contributed by atoms with Crippen LogP contribution in [0, 0.1) is 0 Å². The Balaban J connectivity index is 2.30. The van der Waals surface area contributed by atoms with Crippen LogP contribution in [0.15, 0.2) is 36.4 Å². The summed E-state index contributed by atoms with van der Waals surface area (Å²) in [5, 5.41) is 3.14. The number of methoxy groups -OCH3 is 1. The molecule has 2 aromatic rings. The maximum Gasteiger partial charge on any atom is 0.356 e. The second-order valence-electron chi connectivity index (χ2n) is 5.03. The molecule has 0 saturated heterocycles. The summed E-state index contributed by atoms with van der Waals surface area (Å²) in [6, 6.07) is 11.2. The third-order valence-electron chi connectivity index (χ3n) is 3.14. The number of nitrogens with zero attached hydrogens (tertiary/aromatic N) is 1. The molecule has 0 saturated carbocycles. The molecule has 5 nitrogen and oxygen atoms in total. The Bertz CT molecular complexity index is 654. The molecule has 0 spiro atoms. The summed E-state index contributed by atoms with van der Waals surface area (Å²) in [5.74, 6) is 0.381. The standard InChI is InChI=1S/C16H19N3O2/c1-10(2)11-5-4-6-12(9-11)18-15-13(17)7-8-14(19-15)16(20)21-3/h4-10H,17H2,1-3H3,(H,18,19). The average molecular weight is 285 g/mol. The van der Waals surface area contributed by atoms with E-state index >= 15 is 0 Å². The van der Waals surface area contributed by atoms with Gasteiger partial charge in [0, 0.05) is 5.69 Å². The first-order valence-corrected chi connectivity index (χ1v) is 6.73. The molecular weight excluding hydrogens is 266 g/mol. The molecule has 1 aromatic carbocycles. The van der Waals surface area contributed by atoms with E-state index in [0.717, 1.165) is 5.69 Å². The van der Waals surface area contributed by atoms with Crippen LogP contribution in [0.4, 0.5) is 17.2 Å². The van der Waals surface area contributed by atoms with Gasteiger partial charge < -0.3 is 15.8 Å². The first-order chi connectivity index (χ1) is 10.0. The molecule has 5 heteroatoms. The van der Waals surface area contributed by atoms with Crippen LogP contribution in [0.2, 0.25) is 0 Å². The van der Waals surface area contributed by atoms with E-state index in [2.05, 4.69) is 35.0 Å². The maximum absolute atomic E-state index is 11.5. The monoisotopic (exact) mass is 285 g/mol. The third kappa shape index (κ3) is 3.51. The molecule has 0 atom stereocenters. The number of nitrogen functional groups attached to an aromatic ring is 1. The fourth-order valence-electron chi connectivity index (χ4n) is 1.90. The van der Waals surface area contributed by atoms with Gasteiger partial charge in [-0.1, -0.05) is 26.0 Å². The minimum absolute atomic E-state index is 0.217. The summed E-state index contributed by atoms with van der Waals surface area (Å²) in [5.41, 5.74) is 8.67. The number of hydrogen-bond acceptors (Lipinski definition) is 5. The van der Waals surface area contributed by atoms with E-state index in [1.807, 2.05) is 18.2 Å². The number of pyridine rings is 1. The van der Waals surface area contributed by atoms with Gasteiger partial charge in [0.15, 0.2) is 11.5 Å². The van der Waals surface area contributed by atoms with Crippen LogP contribution in [0.25, 0.3) is 0 Å². The predicted octanol–water partition coefficient (Wildman–Crippen LogP) is 3.32. The number of benzene rings is 1. The highest BCUT2D eigenvalue weighted by atomic mass is 16.5. The van der Waals surface area contributed by atoms with E-state index in [4.69, 9.17) is 5.73 Å². The number of hydrogen-bond donors (Lipinski definition) is 2. The molecule has 1 heterocycles. The van der Waals surface area contributed by atoms with E-state index in [1.165, 1.54) is 18.7 Å². The van der Waals surface area contributed by atoms with Gasteiger partial charge in [-0.2, -0.15) is 0 Å². The molecule has 0 aliphatic carbocycles. The molecule has 0 bridgehead atoms. The van der Waals surface area contributed by atoms with Crippen molar-refractivity contribution in [3.63, 3.8) is 0 Å². The molecule has 1 aromatic heterocycles. The number of nitrogens with one attached hydrogen (secondary N) is 1. The van der Waals surface area contributed by atoms with Crippen molar-refractivity contribution in [3.8, 4) is 0 Å². The zero-order valence-corrected chi connectivity index (χ0v) is 12.4. The van der Waals surface area contributed by atoms with E-state index < -0.39 is 5.97 Å². The predicted molar refractivity (Wildman–Crippen MR) is 83.8 cm³/mol. The van der Waals surface area contributed by atoms with Crippen LogP contribution < -0.4 is 11.1 Å². The number of carbonyl (C=O) groups excluding carboxylic acids is 1. The van der Waals surface area contributed by atoms with Crippen molar-refractivity contribution >= 4 is 23.2 Å². The van der Waals surface area contributed by atoms with Gasteiger partial charge >= 0.3 is 5.97 Å². The smallest absolute Gasteiger partial charge is 0.356 e. The lowest BCUT2D eigenvalue weighted by Gasteiger charge is -2.12. The summed E-state index contributed by atoms with van der Waals surface area (Å²) in [7, 11) is 1.32. The summed E-state index contributed by atoms with van der Waals surface area (Å²) < 4.78 is 4.66. The SMILES string of the molecule is COC(=O)c1ccc(N)c(Nc2cccc(C(C)C)c2)n1. The Labute approximate surface area is 124 Å². The highest BCUT2D eigenvalue weighted by Gasteiger charge is 2.11. The largest absolute Gasteiger partial charge is 0.464 e. The van der Waals surface area contributed by atoms with Gasteiger partial charge in [-0.3, -0.25) is 0 Å². The van der Waals surface area contributed by atoms with Crippen molar-refractivity contribution in [3.05, 3.63) is 47.7 Å². The maximum atomic E-state index is 11.5. The van der Waals surface area contributed by atoms with Crippen molar-refractivity contribution in [1.82, 2.24) is 4.98 Å². The normalized spacial score (nSPS) is 10.5. The molecule has 0 aliphatic rings. The third-order valence-corrected chi connectivity index (χ3v) is 3.14. The molecule has 110 valence electrons. The van der Waals surface area contributed by atoms with Gasteiger partial charge in [-0.05, 0) is 35.7 Å². The Morgan fingerprint density at radius 3 is 2.71 bits per heavy atom. The van der Waals surface area contributed by atoms with E-state index in [1.54, 1.807) is 6.07 Å². The molecule has 0 fully saturated rings. The highest BCUT2D eigenvalue weighted by Crippen LogP contribution is 2.24. The zero-order chi connectivity index (χ0) is 15.4. The molecule has 0 aliphatic heterocycles. The van der Waals surface area contributed by atoms with Crippen LogP contribution in [0.3, 0.4) is 0 Å². The Morgan fingerprint density at radius 2 is 2.05 bits per heavy atom. The molecule has 0 amide bonds. The number of carbonyl (C=O) groups is 1. The number of esters is 1. The van der Waals surface area contributed by atoms with Crippen molar-refractivity contribution in [2.24, 2.45) is 0 Å². The van der Waals surface area contributed by atoms with Crippen molar-refractivity contribution < 1.29 is 9.53 Å². The molecule has 21 heavy (non-hydrogen) atoms. The Morgan fingerprint density at radius 1 is 1.29 bits per heavy atom. The summed E-state index contributed by atoms with van der Waals surface area (Å²) >= 11 is 0. The number of nitrogens with two attached hydrogens (primary N) is 1. The highest BCUT2D eigenvalue weighted by molar-refractivity contribution is 5.88. The van der Waals surface area contributed by atoms with Gasteiger partial charge in [-0.15, -0.1) is 0 Å². The number of rotatable bonds is 4. The summed E-state index contributed by atoms with van der Waals surface area (Å²) in [6.07, 6.45) is 0. The van der Waals surface area contributed by atoms with Gasteiger partial charge in [-0.25, -0.2) is 9.78 Å². The summed E-state index contributed by atoms with van der Waals surface area (Å²) in [6.45, 7) is 4.26. The minimum Gasteiger partial charge on any atom is -0.464 e. The second-order valence-corrected chi connectivity index (χ2v) is 5.03. The fourth-order valence-corrected chi connectivity index (χ4v) is 1.90. The second kappa shape index (κ2) is 6.26. The molecule has 3 N–H and O–H groups in total. The molecule has 2 rings (SSSR count). The summed E-state index contributed by atoms with van der Waals surface area (Å²) in [4.78, 5) is 15.7. The van der Waals surface area contributed by atoms with Gasteiger partial charge in [0.1, 0.15) is 0 Å². The zero-order valence-electron chi connectivity index (χ0n) is 12.4. The van der Waals surface area contributed by atoms with Crippen molar-refractivity contribution in [2.45, 2.75) is 19.8 Å². The fraction of sp³-hybridized carbons (Fsp3) is 0.250. The first-order valence-electron chi connectivity index (χ1n) is 6.73. The van der Waals surface area contributed by atoms with Gasteiger partial charge in [0.25, 0.3) is 0 Å². The van der Waals surface area contributed by atoms with Crippen LogP contribution >= 0.6 is 0 Å². The Hall–Kier alpha value is -2.56. The first kappa shape index (κ1) is 14.8. The lowest BCUT2D eigenvalue weighted by atomic mass is 10.0. The minimum atomic E-state index is -0.492. The lowest BCUT2D eigenvalue weighted by Crippen LogP contribution is -2.08. The molecule has 0 radical (unpaired) electrons. The quantitative estimate of drug-likeness (QED) is 0.843. The average Bonchev–Trinajstić information content (AvgIpc) is 2.49. The molecular formula is C16H19N3O2. The van der Waals surface area contributed by atoms with Crippen LogP contribution in [0.5, 0.6) is 0 Å². The van der Waals surface area contributed by atoms with E-state index in [0.29, 0.717) is 17.4 Å². The topological polar surface area (TPSA) is 77.2 Å².